The topological polar surface area (TPSA) is 61.2 Å². The molecule has 0 fully saturated rings. The van der Waals surface area contributed by atoms with Crippen LogP contribution in [0.4, 0.5) is 0 Å². The standard InChI is InChI=1S/C18H22N2O3/c1-12(2)16-7-5-6-15(19-16)11-20-9-8-14(10-17(20)21)18(22)23-13(3)4/h5-10,12-13H,11H2,1-4H3. The highest BCUT2D eigenvalue weighted by Gasteiger charge is 2.11. The lowest BCUT2D eigenvalue weighted by Crippen LogP contribution is -2.22. The first-order chi connectivity index (χ1) is 10.9. The molecule has 122 valence electrons. The molecule has 0 amide bonds. The molecule has 2 heterocycles. The number of hydrogen-bond donors (Lipinski definition) is 0. The van der Waals surface area contributed by atoms with Gasteiger partial charge in [-0.1, -0.05) is 19.9 Å². The predicted octanol–water partition coefficient (Wildman–Crippen LogP) is 2.98. The average molecular weight is 314 g/mol. The highest BCUT2D eigenvalue weighted by Crippen LogP contribution is 2.12. The Bertz CT molecular complexity index is 748. The minimum atomic E-state index is -0.482. The summed E-state index contributed by atoms with van der Waals surface area (Å²) in [5.74, 6) is -0.149. The summed E-state index contributed by atoms with van der Waals surface area (Å²) in [6.45, 7) is 8.07. The third-order valence-electron chi connectivity index (χ3n) is 3.33. The van der Waals surface area contributed by atoms with Crippen molar-refractivity contribution in [1.29, 1.82) is 0 Å². The van der Waals surface area contributed by atoms with E-state index in [1.165, 1.54) is 10.6 Å². The number of esters is 1. The van der Waals surface area contributed by atoms with Crippen LogP contribution < -0.4 is 5.56 Å². The van der Waals surface area contributed by atoms with E-state index in [2.05, 4.69) is 18.8 Å². The van der Waals surface area contributed by atoms with Crippen LogP contribution in [0.2, 0.25) is 0 Å². The number of carbonyl (C=O) groups excluding carboxylic acids is 1. The van der Waals surface area contributed by atoms with Crippen molar-refractivity contribution in [2.45, 2.75) is 46.3 Å². The molecular formula is C18H22N2O3. The smallest absolute Gasteiger partial charge is 0.338 e. The molecule has 0 aliphatic heterocycles. The van der Waals surface area contributed by atoms with Crippen LogP contribution in [-0.4, -0.2) is 21.6 Å². The quantitative estimate of drug-likeness (QED) is 0.796. The van der Waals surface area contributed by atoms with E-state index < -0.39 is 5.97 Å². The molecule has 0 aliphatic carbocycles. The maximum atomic E-state index is 12.2. The lowest BCUT2D eigenvalue weighted by Gasteiger charge is -2.10. The van der Waals surface area contributed by atoms with Gasteiger partial charge in [-0.15, -0.1) is 0 Å². The second kappa shape index (κ2) is 7.22. The Labute approximate surface area is 135 Å². The molecule has 0 saturated carbocycles. The first-order valence-electron chi connectivity index (χ1n) is 7.74. The Balaban J connectivity index is 2.20. The molecule has 0 bridgehead atoms. The van der Waals surface area contributed by atoms with Crippen LogP contribution in [0.3, 0.4) is 0 Å². The summed E-state index contributed by atoms with van der Waals surface area (Å²) in [5, 5.41) is 0. The maximum Gasteiger partial charge on any atom is 0.338 e. The van der Waals surface area contributed by atoms with Crippen LogP contribution in [0.1, 0.15) is 55.4 Å². The van der Waals surface area contributed by atoms with Gasteiger partial charge >= 0.3 is 5.97 Å². The van der Waals surface area contributed by atoms with E-state index in [9.17, 15) is 9.59 Å². The number of aromatic nitrogens is 2. The van der Waals surface area contributed by atoms with Gasteiger partial charge in [0.2, 0.25) is 0 Å². The number of carbonyl (C=O) groups is 1. The van der Waals surface area contributed by atoms with Gasteiger partial charge in [0.25, 0.3) is 5.56 Å². The Morgan fingerprint density at radius 2 is 1.96 bits per heavy atom. The van der Waals surface area contributed by atoms with Crippen molar-refractivity contribution >= 4 is 5.97 Å². The number of ether oxygens (including phenoxy) is 1. The molecule has 0 aliphatic rings. The van der Waals surface area contributed by atoms with Gasteiger partial charge in [-0.3, -0.25) is 9.78 Å². The van der Waals surface area contributed by atoms with Crippen LogP contribution in [-0.2, 0) is 11.3 Å². The van der Waals surface area contributed by atoms with Crippen molar-refractivity contribution in [3.8, 4) is 0 Å². The van der Waals surface area contributed by atoms with Gasteiger partial charge in [0.1, 0.15) is 0 Å². The lowest BCUT2D eigenvalue weighted by atomic mass is 10.1. The van der Waals surface area contributed by atoms with E-state index in [0.717, 1.165) is 11.4 Å². The first-order valence-corrected chi connectivity index (χ1v) is 7.74. The van der Waals surface area contributed by atoms with Crippen molar-refractivity contribution in [3.63, 3.8) is 0 Å². The van der Waals surface area contributed by atoms with Gasteiger partial charge in [-0.05, 0) is 38.0 Å². The number of pyridine rings is 2. The second-order valence-electron chi connectivity index (χ2n) is 6.04. The molecule has 0 spiro atoms. The van der Waals surface area contributed by atoms with Crippen LogP contribution in [0, 0.1) is 0 Å². The average Bonchev–Trinajstić information content (AvgIpc) is 2.49. The minimum absolute atomic E-state index is 0.215. The van der Waals surface area contributed by atoms with E-state index in [-0.39, 0.29) is 17.2 Å². The fourth-order valence-corrected chi connectivity index (χ4v) is 2.13. The number of hydrogen-bond acceptors (Lipinski definition) is 4. The van der Waals surface area contributed by atoms with Gasteiger partial charge < -0.3 is 9.30 Å². The van der Waals surface area contributed by atoms with E-state index in [1.54, 1.807) is 26.1 Å². The van der Waals surface area contributed by atoms with E-state index in [1.807, 2.05) is 18.2 Å². The summed E-state index contributed by atoms with van der Waals surface area (Å²) in [4.78, 5) is 28.5. The van der Waals surface area contributed by atoms with Crippen molar-refractivity contribution in [2.75, 3.05) is 0 Å². The van der Waals surface area contributed by atoms with Gasteiger partial charge in [0.05, 0.1) is 23.9 Å². The van der Waals surface area contributed by atoms with Gasteiger partial charge in [-0.2, -0.15) is 0 Å². The van der Waals surface area contributed by atoms with Crippen molar-refractivity contribution in [1.82, 2.24) is 9.55 Å². The summed E-state index contributed by atoms with van der Waals surface area (Å²) < 4.78 is 6.62. The molecule has 2 aromatic heterocycles. The number of rotatable bonds is 5. The molecule has 0 radical (unpaired) electrons. The van der Waals surface area contributed by atoms with Gasteiger partial charge in [0.15, 0.2) is 0 Å². The van der Waals surface area contributed by atoms with E-state index >= 15 is 0 Å². The molecule has 2 aromatic rings. The van der Waals surface area contributed by atoms with Crippen LogP contribution in [0.25, 0.3) is 0 Å². The predicted molar refractivity (Wildman–Crippen MR) is 88.7 cm³/mol. The fourth-order valence-electron chi connectivity index (χ4n) is 2.13. The molecular weight excluding hydrogens is 292 g/mol. The first kappa shape index (κ1) is 16.9. The fraction of sp³-hybridized carbons (Fsp3) is 0.389. The lowest BCUT2D eigenvalue weighted by molar-refractivity contribution is 0.0377. The van der Waals surface area contributed by atoms with Crippen LogP contribution in [0.15, 0.2) is 41.3 Å². The molecule has 0 unspecified atom stereocenters. The SMILES string of the molecule is CC(C)OC(=O)c1ccn(Cc2cccc(C(C)C)n2)c(=O)c1. The summed E-state index contributed by atoms with van der Waals surface area (Å²) in [6, 6.07) is 8.70. The summed E-state index contributed by atoms with van der Waals surface area (Å²) in [5.41, 5.74) is 1.83. The minimum Gasteiger partial charge on any atom is -0.459 e. The molecule has 0 atom stereocenters. The second-order valence-corrected chi connectivity index (χ2v) is 6.04. The van der Waals surface area contributed by atoms with E-state index in [0.29, 0.717) is 12.5 Å². The summed E-state index contributed by atoms with van der Waals surface area (Å²) in [6.07, 6.45) is 1.39. The van der Waals surface area contributed by atoms with Gasteiger partial charge in [0, 0.05) is 18.0 Å². The van der Waals surface area contributed by atoms with Crippen molar-refractivity contribution in [3.05, 3.63) is 63.8 Å². The summed E-state index contributed by atoms with van der Waals surface area (Å²) >= 11 is 0. The zero-order valence-electron chi connectivity index (χ0n) is 13.9. The zero-order valence-corrected chi connectivity index (χ0v) is 13.9. The Morgan fingerprint density at radius 1 is 1.22 bits per heavy atom. The molecule has 0 aromatic carbocycles. The Morgan fingerprint density at radius 3 is 2.57 bits per heavy atom. The molecule has 0 saturated heterocycles. The Kier molecular flexibility index (Phi) is 5.32. The Hall–Kier alpha value is -2.43. The third-order valence-corrected chi connectivity index (χ3v) is 3.33. The maximum absolute atomic E-state index is 12.2. The number of nitrogens with zero attached hydrogens (tertiary/aromatic N) is 2. The summed E-state index contributed by atoms with van der Waals surface area (Å²) in [7, 11) is 0. The highest BCUT2D eigenvalue weighted by atomic mass is 16.5. The monoisotopic (exact) mass is 314 g/mol. The molecule has 0 N–H and O–H groups in total. The van der Waals surface area contributed by atoms with Gasteiger partial charge in [-0.25, -0.2) is 4.79 Å². The molecule has 2 rings (SSSR count). The van der Waals surface area contributed by atoms with Crippen molar-refractivity contribution in [2.24, 2.45) is 0 Å². The normalized spacial score (nSPS) is 11.0. The molecule has 5 heteroatoms. The van der Waals surface area contributed by atoms with Crippen molar-refractivity contribution < 1.29 is 9.53 Å². The third kappa shape index (κ3) is 4.52. The zero-order chi connectivity index (χ0) is 17.0. The largest absolute Gasteiger partial charge is 0.459 e. The highest BCUT2D eigenvalue weighted by molar-refractivity contribution is 5.89. The molecule has 5 nitrogen and oxygen atoms in total. The van der Waals surface area contributed by atoms with E-state index in [4.69, 9.17) is 4.74 Å². The molecule has 23 heavy (non-hydrogen) atoms. The van der Waals surface area contributed by atoms with Crippen LogP contribution >= 0.6 is 0 Å². The van der Waals surface area contributed by atoms with Crippen LogP contribution in [0.5, 0.6) is 0 Å².